The predicted octanol–water partition coefficient (Wildman–Crippen LogP) is 1.64. The number of carbonyl (C=O) groups excluding carboxylic acids is 2. The molecule has 1 saturated carbocycles. The van der Waals surface area contributed by atoms with Gasteiger partial charge in [-0.25, -0.2) is 0 Å². The molecule has 7 nitrogen and oxygen atoms in total. The molecule has 2 fully saturated rings. The van der Waals surface area contributed by atoms with Gasteiger partial charge in [0.1, 0.15) is 6.04 Å². The summed E-state index contributed by atoms with van der Waals surface area (Å²) >= 11 is 1.54. The maximum Gasteiger partial charge on any atom is 0.269 e. The molecule has 0 spiro atoms. The summed E-state index contributed by atoms with van der Waals surface area (Å²) in [5.41, 5.74) is 0.300. The van der Waals surface area contributed by atoms with Crippen molar-refractivity contribution in [3.05, 3.63) is 39.9 Å². The van der Waals surface area contributed by atoms with Crippen molar-refractivity contribution in [1.29, 1.82) is 0 Å². The number of hydrogen-bond donors (Lipinski definition) is 1. The van der Waals surface area contributed by atoms with Crippen LogP contribution < -0.4 is 5.32 Å². The molecule has 1 aromatic rings. The highest BCUT2D eigenvalue weighted by Gasteiger charge is 2.35. The van der Waals surface area contributed by atoms with E-state index >= 15 is 0 Å². The third-order valence-electron chi connectivity index (χ3n) is 4.03. The second kappa shape index (κ2) is 6.57. The number of rotatable bonds is 5. The fraction of sp³-hybridized carbons (Fsp3) is 0.467. The Kier molecular flexibility index (Phi) is 4.51. The van der Waals surface area contributed by atoms with Gasteiger partial charge in [-0.1, -0.05) is 0 Å². The lowest BCUT2D eigenvalue weighted by Gasteiger charge is -2.23. The minimum atomic E-state index is -0.506. The molecule has 0 aromatic heterocycles. The number of benzene rings is 1. The summed E-state index contributed by atoms with van der Waals surface area (Å²) in [5.74, 6) is 1.24. The van der Waals surface area contributed by atoms with E-state index in [0.717, 1.165) is 12.8 Å². The zero-order chi connectivity index (χ0) is 16.4. The summed E-state index contributed by atoms with van der Waals surface area (Å²) < 4.78 is 0. The molecule has 0 bridgehead atoms. The normalized spacial score (nSPS) is 20.3. The molecule has 1 atom stereocenters. The Morgan fingerprint density at radius 3 is 2.61 bits per heavy atom. The van der Waals surface area contributed by atoms with Gasteiger partial charge < -0.3 is 10.2 Å². The molecule has 1 aromatic carbocycles. The first-order valence-electron chi connectivity index (χ1n) is 7.47. The maximum atomic E-state index is 12.6. The van der Waals surface area contributed by atoms with Crippen LogP contribution in [0.2, 0.25) is 0 Å². The van der Waals surface area contributed by atoms with Crippen LogP contribution >= 0.6 is 11.8 Å². The van der Waals surface area contributed by atoms with E-state index in [1.54, 1.807) is 0 Å². The summed E-state index contributed by atoms with van der Waals surface area (Å²) in [5, 5.41) is 13.6. The van der Waals surface area contributed by atoms with Gasteiger partial charge in [0.05, 0.1) is 10.8 Å². The summed E-state index contributed by atoms with van der Waals surface area (Å²) in [6.45, 7) is 0.680. The lowest BCUT2D eigenvalue weighted by molar-refractivity contribution is -0.384. The van der Waals surface area contributed by atoms with Crippen LogP contribution in [0.5, 0.6) is 0 Å². The second-order valence-electron chi connectivity index (χ2n) is 5.78. The first kappa shape index (κ1) is 15.8. The molecule has 1 unspecified atom stereocenters. The summed E-state index contributed by atoms with van der Waals surface area (Å²) in [4.78, 5) is 36.5. The highest BCUT2D eigenvalue weighted by atomic mass is 32.2. The molecule has 2 aliphatic rings. The lowest BCUT2D eigenvalue weighted by atomic mass is 10.1. The van der Waals surface area contributed by atoms with Crippen LogP contribution in [-0.4, -0.2) is 45.9 Å². The van der Waals surface area contributed by atoms with Gasteiger partial charge in [0.25, 0.3) is 11.6 Å². The average Bonchev–Trinajstić information content (AvgIpc) is 3.26. The topological polar surface area (TPSA) is 92.6 Å². The van der Waals surface area contributed by atoms with Crippen molar-refractivity contribution < 1.29 is 14.5 Å². The van der Waals surface area contributed by atoms with Crippen LogP contribution in [0.3, 0.4) is 0 Å². The first-order valence-corrected chi connectivity index (χ1v) is 8.62. The Labute approximate surface area is 137 Å². The third-order valence-corrected chi connectivity index (χ3v) is 5.04. The van der Waals surface area contributed by atoms with Gasteiger partial charge in [0.15, 0.2) is 0 Å². The number of nitrogens with one attached hydrogen (secondary N) is 1. The first-order chi connectivity index (χ1) is 11.1. The lowest BCUT2D eigenvalue weighted by Crippen LogP contribution is -2.47. The number of hydrogen-bond acceptors (Lipinski definition) is 5. The molecule has 122 valence electrons. The van der Waals surface area contributed by atoms with E-state index in [4.69, 9.17) is 0 Å². The van der Waals surface area contributed by atoms with Crippen LogP contribution in [0.15, 0.2) is 24.3 Å². The Morgan fingerprint density at radius 1 is 1.30 bits per heavy atom. The van der Waals surface area contributed by atoms with Crippen molar-refractivity contribution in [1.82, 2.24) is 10.2 Å². The van der Waals surface area contributed by atoms with Gasteiger partial charge in [0.2, 0.25) is 5.91 Å². The Balaban J connectivity index is 1.66. The molecule has 1 N–H and O–H groups in total. The molecule has 23 heavy (non-hydrogen) atoms. The second-order valence-corrected chi connectivity index (χ2v) is 6.78. The van der Waals surface area contributed by atoms with E-state index in [9.17, 15) is 19.7 Å². The molecular formula is C15H17N3O4S. The minimum Gasteiger partial charge on any atom is -0.354 e. The molecule has 1 aliphatic carbocycles. The van der Waals surface area contributed by atoms with Crippen molar-refractivity contribution in [3.63, 3.8) is 0 Å². The summed E-state index contributed by atoms with van der Waals surface area (Å²) in [7, 11) is 0. The van der Waals surface area contributed by atoms with Crippen LogP contribution in [0.1, 0.15) is 23.2 Å². The summed E-state index contributed by atoms with van der Waals surface area (Å²) in [6, 6.07) is 5.00. The molecule has 1 heterocycles. The molecule has 2 amide bonds. The monoisotopic (exact) mass is 335 g/mol. The van der Waals surface area contributed by atoms with Crippen LogP contribution in [0, 0.1) is 16.0 Å². The van der Waals surface area contributed by atoms with Gasteiger partial charge in [-0.15, -0.1) is 11.8 Å². The number of non-ortho nitro benzene ring substituents is 1. The Hall–Kier alpha value is -2.09. The molecule has 8 heteroatoms. The van der Waals surface area contributed by atoms with E-state index in [2.05, 4.69) is 5.32 Å². The highest BCUT2D eigenvalue weighted by molar-refractivity contribution is 7.99. The van der Waals surface area contributed by atoms with E-state index < -0.39 is 11.0 Å². The third kappa shape index (κ3) is 3.64. The molecule has 1 aliphatic heterocycles. The van der Waals surface area contributed by atoms with E-state index in [0.29, 0.717) is 29.7 Å². The van der Waals surface area contributed by atoms with Crippen molar-refractivity contribution in [2.75, 3.05) is 18.2 Å². The molecule has 3 rings (SSSR count). The van der Waals surface area contributed by atoms with Crippen molar-refractivity contribution in [2.45, 2.75) is 18.9 Å². The number of thioether (sulfide) groups is 1. The van der Waals surface area contributed by atoms with Crippen LogP contribution in [0.4, 0.5) is 5.69 Å². The number of amides is 2. The quantitative estimate of drug-likeness (QED) is 0.652. The van der Waals surface area contributed by atoms with Gasteiger partial charge in [0, 0.05) is 30.0 Å². The van der Waals surface area contributed by atoms with E-state index in [1.807, 2.05) is 0 Å². The van der Waals surface area contributed by atoms with Gasteiger partial charge >= 0.3 is 0 Å². The zero-order valence-electron chi connectivity index (χ0n) is 12.4. The van der Waals surface area contributed by atoms with Crippen molar-refractivity contribution in [2.24, 2.45) is 5.92 Å². The SMILES string of the molecule is O=C(NCC1CC1)C1CSCN1C(=O)c1ccc([N+](=O)[O-])cc1. The van der Waals surface area contributed by atoms with Crippen molar-refractivity contribution in [3.8, 4) is 0 Å². The number of carbonyl (C=O) groups is 2. The van der Waals surface area contributed by atoms with Crippen molar-refractivity contribution >= 4 is 29.3 Å². The zero-order valence-corrected chi connectivity index (χ0v) is 13.3. The highest BCUT2D eigenvalue weighted by Crippen LogP contribution is 2.28. The van der Waals surface area contributed by atoms with Gasteiger partial charge in [-0.05, 0) is 30.9 Å². The standard InChI is InChI=1S/C15H17N3O4S/c19-14(16-7-10-1-2-10)13-8-23-9-17(13)15(20)11-3-5-12(6-4-11)18(21)22/h3-6,10,13H,1-2,7-9H2,(H,16,19). The average molecular weight is 335 g/mol. The van der Waals surface area contributed by atoms with E-state index in [1.165, 1.54) is 40.9 Å². The van der Waals surface area contributed by atoms with Gasteiger partial charge in [-0.3, -0.25) is 19.7 Å². The Morgan fingerprint density at radius 2 is 2.00 bits per heavy atom. The molecular weight excluding hydrogens is 318 g/mol. The van der Waals surface area contributed by atoms with E-state index in [-0.39, 0.29) is 17.5 Å². The van der Waals surface area contributed by atoms with Gasteiger partial charge in [-0.2, -0.15) is 0 Å². The predicted molar refractivity (Wildman–Crippen MR) is 86.1 cm³/mol. The fourth-order valence-corrected chi connectivity index (χ4v) is 3.59. The maximum absolute atomic E-state index is 12.6. The number of nitro benzene ring substituents is 1. The van der Waals surface area contributed by atoms with Crippen LogP contribution in [0.25, 0.3) is 0 Å². The number of nitrogens with zero attached hydrogens (tertiary/aromatic N) is 2. The summed E-state index contributed by atoms with van der Waals surface area (Å²) in [6.07, 6.45) is 2.32. The van der Waals surface area contributed by atoms with Crippen LogP contribution in [-0.2, 0) is 4.79 Å². The smallest absolute Gasteiger partial charge is 0.269 e. The number of nitro groups is 1. The molecule has 1 saturated heterocycles. The molecule has 0 radical (unpaired) electrons. The Bertz CT molecular complexity index is 630. The largest absolute Gasteiger partial charge is 0.354 e. The minimum absolute atomic E-state index is 0.0592. The fourth-order valence-electron chi connectivity index (χ4n) is 2.44.